The first kappa shape index (κ1) is 19.7. The Labute approximate surface area is 173 Å². The fourth-order valence-corrected chi connectivity index (χ4v) is 4.15. The molecule has 0 saturated heterocycles. The van der Waals surface area contributed by atoms with Gasteiger partial charge in [0.1, 0.15) is 5.82 Å². The third-order valence-electron chi connectivity index (χ3n) is 4.69. The van der Waals surface area contributed by atoms with Crippen LogP contribution < -0.4 is 4.72 Å². The molecule has 0 fully saturated rings. The lowest BCUT2D eigenvalue weighted by atomic mass is 10.1. The molecule has 0 saturated carbocycles. The minimum Gasteiger partial charge on any atom is -0.478 e. The number of hydrogen-bond donors (Lipinski definition) is 3. The number of carbonyl (C=O) groups is 1. The monoisotopic (exact) mass is 421 g/mol. The molecular weight excluding hydrogens is 402 g/mol. The number of imidazole rings is 1. The van der Waals surface area contributed by atoms with Crippen molar-refractivity contribution in [2.75, 3.05) is 4.72 Å². The van der Waals surface area contributed by atoms with Crippen molar-refractivity contribution in [2.24, 2.45) is 0 Å². The van der Waals surface area contributed by atoms with E-state index in [9.17, 15) is 13.2 Å². The molecule has 0 aliphatic rings. The first-order valence-corrected chi connectivity index (χ1v) is 10.7. The largest absolute Gasteiger partial charge is 0.478 e. The molecule has 0 amide bonds. The number of sulfonamides is 1. The van der Waals surface area contributed by atoms with Gasteiger partial charge in [-0.2, -0.15) is 0 Å². The van der Waals surface area contributed by atoms with Gasteiger partial charge in [-0.1, -0.05) is 29.8 Å². The van der Waals surface area contributed by atoms with Crippen molar-refractivity contribution in [3.8, 4) is 0 Å². The minimum atomic E-state index is -3.65. The molecule has 1 heterocycles. The van der Waals surface area contributed by atoms with Crippen molar-refractivity contribution in [1.29, 1.82) is 0 Å². The molecule has 0 bridgehead atoms. The second-order valence-electron chi connectivity index (χ2n) is 7.01. The lowest BCUT2D eigenvalue weighted by Gasteiger charge is -2.09. The highest BCUT2D eigenvalue weighted by Gasteiger charge is 2.14. The zero-order valence-electron chi connectivity index (χ0n) is 16.1. The molecule has 7 nitrogen and oxygen atoms in total. The maximum absolute atomic E-state index is 12.5. The van der Waals surface area contributed by atoms with Gasteiger partial charge >= 0.3 is 5.97 Å². The van der Waals surface area contributed by atoms with Crippen LogP contribution in [0.4, 0.5) is 5.69 Å². The van der Waals surface area contributed by atoms with E-state index in [1.165, 1.54) is 6.07 Å². The predicted octanol–water partition coefficient (Wildman–Crippen LogP) is 3.96. The number of aromatic amines is 1. The molecular formula is C22H19N3O4S. The number of aryl methyl sites for hydroxylation is 1. The maximum atomic E-state index is 12.5. The van der Waals surface area contributed by atoms with Gasteiger partial charge < -0.3 is 10.1 Å². The normalized spacial score (nSPS) is 11.5. The van der Waals surface area contributed by atoms with Crippen molar-refractivity contribution < 1.29 is 18.3 Å². The molecule has 1 aromatic heterocycles. The minimum absolute atomic E-state index is 0.197. The average molecular weight is 421 g/mol. The number of carboxylic acids is 1. The molecule has 4 aromatic rings. The SMILES string of the molecule is Cc1ccc(S(=O)(=O)Nc2ccc(Cc3nc4ccc(C(=O)O)cc4[nH]3)cc2)cc1. The molecule has 3 aromatic carbocycles. The van der Waals surface area contributed by atoms with Crippen LogP contribution in [0.15, 0.2) is 71.6 Å². The summed E-state index contributed by atoms with van der Waals surface area (Å²) >= 11 is 0. The molecule has 4 rings (SSSR count). The summed E-state index contributed by atoms with van der Waals surface area (Å²) in [5.41, 5.74) is 3.94. The van der Waals surface area contributed by atoms with Crippen LogP contribution in [0.3, 0.4) is 0 Å². The predicted molar refractivity (Wildman–Crippen MR) is 114 cm³/mol. The number of benzene rings is 3. The zero-order valence-corrected chi connectivity index (χ0v) is 16.9. The van der Waals surface area contributed by atoms with Crippen LogP contribution in [0.25, 0.3) is 11.0 Å². The number of hydrogen-bond acceptors (Lipinski definition) is 4. The Morgan fingerprint density at radius 2 is 1.73 bits per heavy atom. The molecule has 8 heteroatoms. The van der Waals surface area contributed by atoms with Gasteiger partial charge in [-0.3, -0.25) is 4.72 Å². The van der Waals surface area contributed by atoms with Gasteiger partial charge in [0.25, 0.3) is 10.0 Å². The van der Waals surface area contributed by atoms with Crippen LogP contribution in [0.2, 0.25) is 0 Å². The summed E-state index contributed by atoms with van der Waals surface area (Å²) in [6, 6.07) is 18.4. The van der Waals surface area contributed by atoms with Crippen LogP contribution in [0.1, 0.15) is 27.3 Å². The van der Waals surface area contributed by atoms with Crippen LogP contribution in [0.5, 0.6) is 0 Å². The van der Waals surface area contributed by atoms with E-state index in [2.05, 4.69) is 14.7 Å². The van der Waals surface area contributed by atoms with Gasteiger partial charge in [0.2, 0.25) is 0 Å². The summed E-state index contributed by atoms with van der Waals surface area (Å²) < 4.78 is 27.6. The molecule has 0 atom stereocenters. The number of rotatable bonds is 6. The van der Waals surface area contributed by atoms with Crippen LogP contribution in [-0.2, 0) is 16.4 Å². The van der Waals surface area contributed by atoms with Gasteiger partial charge in [0, 0.05) is 12.1 Å². The Morgan fingerprint density at radius 3 is 2.40 bits per heavy atom. The number of H-pyrrole nitrogens is 1. The van der Waals surface area contributed by atoms with Crippen LogP contribution in [0, 0.1) is 6.92 Å². The topological polar surface area (TPSA) is 112 Å². The molecule has 0 aliphatic heterocycles. The average Bonchev–Trinajstić information content (AvgIpc) is 3.11. The van der Waals surface area contributed by atoms with E-state index in [0.29, 0.717) is 29.0 Å². The van der Waals surface area contributed by atoms with Gasteiger partial charge in [-0.25, -0.2) is 18.2 Å². The number of nitrogens with one attached hydrogen (secondary N) is 2. The van der Waals surface area contributed by atoms with Gasteiger partial charge in [0.15, 0.2) is 0 Å². The summed E-state index contributed by atoms with van der Waals surface area (Å²) in [6.07, 6.45) is 0.502. The smallest absolute Gasteiger partial charge is 0.335 e. The lowest BCUT2D eigenvalue weighted by molar-refractivity contribution is 0.0697. The Balaban J connectivity index is 1.49. The van der Waals surface area contributed by atoms with Gasteiger partial charge in [-0.15, -0.1) is 0 Å². The third kappa shape index (κ3) is 4.18. The number of fused-ring (bicyclic) bond motifs is 1. The zero-order chi connectivity index (χ0) is 21.3. The second kappa shape index (κ2) is 7.64. The molecule has 0 aliphatic carbocycles. The molecule has 0 radical (unpaired) electrons. The number of aromatic nitrogens is 2. The first-order valence-electron chi connectivity index (χ1n) is 9.20. The first-order chi connectivity index (χ1) is 14.3. The highest BCUT2D eigenvalue weighted by molar-refractivity contribution is 7.92. The Kier molecular flexibility index (Phi) is 5.01. The van der Waals surface area contributed by atoms with Gasteiger partial charge in [-0.05, 0) is 55.0 Å². The summed E-state index contributed by atoms with van der Waals surface area (Å²) in [5, 5.41) is 9.09. The molecule has 152 valence electrons. The van der Waals surface area contributed by atoms with E-state index >= 15 is 0 Å². The summed E-state index contributed by atoms with van der Waals surface area (Å²) in [6.45, 7) is 1.90. The van der Waals surface area contributed by atoms with E-state index in [1.807, 2.05) is 19.1 Å². The fourth-order valence-electron chi connectivity index (χ4n) is 3.09. The summed E-state index contributed by atoms with van der Waals surface area (Å²) in [5.74, 6) is -0.294. The highest BCUT2D eigenvalue weighted by Crippen LogP contribution is 2.19. The van der Waals surface area contributed by atoms with Crippen molar-refractivity contribution in [3.05, 3.63) is 89.2 Å². The third-order valence-corrected chi connectivity index (χ3v) is 6.08. The van der Waals surface area contributed by atoms with Crippen LogP contribution in [-0.4, -0.2) is 29.5 Å². The molecule has 0 spiro atoms. The van der Waals surface area contributed by atoms with E-state index in [1.54, 1.807) is 48.5 Å². The molecule has 0 unspecified atom stereocenters. The van der Waals surface area contributed by atoms with Crippen molar-refractivity contribution in [1.82, 2.24) is 9.97 Å². The lowest BCUT2D eigenvalue weighted by Crippen LogP contribution is -2.12. The molecule has 30 heavy (non-hydrogen) atoms. The van der Waals surface area contributed by atoms with E-state index in [0.717, 1.165) is 11.1 Å². The quantitative estimate of drug-likeness (QED) is 0.436. The van der Waals surface area contributed by atoms with E-state index in [4.69, 9.17) is 5.11 Å². The van der Waals surface area contributed by atoms with Gasteiger partial charge in [0.05, 0.1) is 21.5 Å². The number of anilines is 1. The summed E-state index contributed by atoms with van der Waals surface area (Å²) in [7, 11) is -3.65. The summed E-state index contributed by atoms with van der Waals surface area (Å²) in [4.78, 5) is 18.9. The number of carboxylic acid groups (broad SMARTS) is 1. The van der Waals surface area contributed by atoms with Crippen molar-refractivity contribution in [3.63, 3.8) is 0 Å². The van der Waals surface area contributed by atoms with Crippen molar-refractivity contribution in [2.45, 2.75) is 18.2 Å². The highest BCUT2D eigenvalue weighted by atomic mass is 32.2. The van der Waals surface area contributed by atoms with E-state index in [-0.39, 0.29) is 10.5 Å². The Bertz CT molecular complexity index is 1330. The molecule has 3 N–H and O–H groups in total. The van der Waals surface area contributed by atoms with Crippen LogP contribution >= 0.6 is 0 Å². The Morgan fingerprint density at radius 1 is 1.03 bits per heavy atom. The maximum Gasteiger partial charge on any atom is 0.335 e. The fraction of sp³-hybridized carbons (Fsp3) is 0.0909. The van der Waals surface area contributed by atoms with Crippen molar-refractivity contribution >= 4 is 32.7 Å². The number of nitrogens with zero attached hydrogens (tertiary/aromatic N) is 1. The van der Waals surface area contributed by atoms with E-state index < -0.39 is 16.0 Å². The number of aromatic carboxylic acids is 1. The Hall–Kier alpha value is -3.65. The standard InChI is InChI=1S/C22H19N3O4S/c1-14-2-9-18(10-3-14)30(28,29)25-17-7-4-15(5-8-17)12-21-23-19-11-6-16(22(26)27)13-20(19)24-21/h2-11,13,25H,12H2,1H3,(H,23,24)(H,26,27). The second-order valence-corrected chi connectivity index (χ2v) is 8.70.